The molecule has 6 nitrogen and oxygen atoms in total. The molecule has 0 aliphatic rings. The van der Waals surface area contributed by atoms with Gasteiger partial charge in [0.25, 0.3) is 0 Å². The SMILES string of the molecule is COc1ccc(CC(=O)NCc2cc(C)nc(N(C)C)n2)cc1C. The molecular weight excluding hydrogens is 304 g/mol. The molecular formula is C18H24N4O2. The molecule has 0 bridgehead atoms. The topological polar surface area (TPSA) is 67.3 Å². The van der Waals surface area contributed by atoms with Crippen LogP contribution >= 0.6 is 0 Å². The van der Waals surface area contributed by atoms with Crippen LogP contribution in [0.4, 0.5) is 5.95 Å². The molecule has 0 saturated heterocycles. The monoisotopic (exact) mass is 328 g/mol. The molecule has 0 atom stereocenters. The van der Waals surface area contributed by atoms with Gasteiger partial charge in [-0.25, -0.2) is 9.97 Å². The summed E-state index contributed by atoms with van der Waals surface area (Å²) in [6.45, 7) is 4.27. The van der Waals surface area contributed by atoms with Crippen molar-refractivity contribution >= 4 is 11.9 Å². The Labute approximate surface area is 142 Å². The van der Waals surface area contributed by atoms with Gasteiger partial charge in [-0.2, -0.15) is 0 Å². The number of nitrogens with one attached hydrogen (secondary N) is 1. The van der Waals surface area contributed by atoms with E-state index in [1.165, 1.54) is 0 Å². The Kier molecular flexibility index (Phi) is 5.73. The Morgan fingerprint density at radius 2 is 1.96 bits per heavy atom. The van der Waals surface area contributed by atoms with Crippen LogP contribution in [0.25, 0.3) is 0 Å². The van der Waals surface area contributed by atoms with Gasteiger partial charge in [0.05, 0.1) is 25.8 Å². The van der Waals surface area contributed by atoms with E-state index in [-0.39, 0.29) is 5.91 Å². The smallest absolute Gasteiger partial charge is 0.225 e. The molecule has 1 aromatic heterocycles. The zero-order valence-corrected chi connectivity index (χ0v) is 14.9. The van der Waals surface area contributed by atoms with Crippen LogP contribution < -0.4 is 15.0 Å². The first-order valence-corrected chi connectivity index (χ1v) is 7.81. The Morgan fingerprint density at radius 3 is 2.58 bits per heavy atom. The van der Waals surface area contributed by atoms with Gasteiger partial charge in [0.15, 0.2) is 0 Å². The summed E-state index contributed by atoms with van der Waals surface area (Å²) in [6, 6.07) is 7.64. The number of hydrogen-bond donors (Lipinski definition) is 1. The number of aromatic nitrogens is 2. The van der Waals surface area contributed by atoms with E-state index in [1.54, 1.807) is 7.11 Å². The summed E-state index contributed by atoms with van der Waals surface area (Å²) in [5.41, 5.74) is 3.65. The van der Waals surface area contributed by atoms with Gasteiger partial charge in [-0.05, 0) is 37.1 Å². The van der Waals surface area contributed by atoms with Gasteiger partial charge >= 0.3 is 0 Å². The first-order chi connectivity index (χ1) is 11.4. The number of hydrogen-bond acceptors (Lipinski definition) is 5. The van der Waals surface area contributed by atoms with Gasteiger partial charge in [0, 0.05) is 19.8 Å². The van der Waals surface area contributed by atoms with Crippen molar-refractivity contribution in [1.82, 2.24) is 15.3 Å². The fourth-order valence-electron chi connectivity index (χ4n) is 2.39. The highest BCUT2D eigenvalue weighted by Crippen LogP contribution is 2.18. The molecule has 0 aliphatic carbocycles. The standard InChI is InChI=1S/C18H24N4O2/c1-12-8-14(6-7-16(12)24-5)10-17(23)19-11-15-9-13(2)20-18(21-15)22(3)4/h6-9H,10-11H2,1-5H3,(H,19,23). The van der Waals surface area contributed by atoms with E-state index < -0.39 is 0 Å². The van der Waals surface area contributed by atoms with E-state index in [2.05, 4.69) is 15.3 Å². The van der Waals surface area contributed by atoms with Crippen LogP contribution in [-0.4, -0.2) is 37.1 Å². The second-order valence-corrected chi connectivity index (χ2v) is 5.95. The molecule has 1 amide bonds. The van der Waals surface area contributed by atoms with Crippen molar-refractivity contribution < 1.29 is 9.53 Å². The summed E-state index contributed by atoms with van der Waals surface area (Å²) in [4.78, 5) is 22.8. The number of rotatable bonds is 6. The van der Waals surface area contributed by atoms with Crippen LogP contribution in [0, 0.1) is 13.8 Å². The molecule has 0 fully saturated rings. The number of benzene rings is 1. The minimum absolute atomic E-state index is 0.0396. The van der Waals surface area contributed by atoms with Gasteiger partial charge in [-0.3, -0.25) is 4.79 Å². The molecule has 0 radical (unpaired) electrons. The Hall–Kier alpha value is -2.63. The third kappa shape index (κ3) is 4.68. The summed E-state index contributed by atoms with van der Waals surface area (Å²) in [6.07, 6.45) is 0.329. The zero-order chi connectivity index (χ0) is 17.7. The van der Waals surface area contributed by atoms with E-state index in [0.29, 0.717) is 18.9 Å². The van der Waals surface area contributed by atoms with Gasteiger partial charge in [-0.15, -0.1) is 0 Å². The summed E-state index contributed by atoms with van der Waals surface area (Å²) in [7, 11) is 5.42. The molecule has 0 aliphatic heterocycles. The number of carbonyl (C=O) groups excluding carboxylic acids is 1. The number of nitrogens with zero attached hydrogens (tertiary/aromatic N) is 3. The highest BCUT2D eigenvalue weighted by molar-refractivity contribution is 5.78. The maximum atomic E-state index is 12.2. The van der Waals surface area contributed by atoms with Crippen LogP contribution in [0.15, 0.2) is 24.3 Å². The summed E-state index contributed by atoms with van der Waals surface area (Å²) in [5, 5.41) is 2.91. The van der Waals surface area contributed by atoms with Gasteiger partial charge in [-0.1, -0.05) is 12.1 Å². The molecule has 1 aromatic carbocycles. The molecule has 2 aromatic rings. The van der Waals surface area contributed by atoms with E-state index >= 15 is 0 Å². The number of aryl methyl sites for hydroxylation is 2. The molecule has 2 rings (SSSR count). The summed E-state index contributed by atoms with van der Waals surface area (Å²) < 4.78 is 5.23. The maximum Gasteiger partial charge on any atom is 0.225 e. The first-order valence-electron chi connectivity index (χ1n) is 7.81. The normalized spacial score (nSPS) is 10.4. The van der Waals surface area contributed by atoms with Crippen molar-refractivity contribution in [2.45, 2.75) is 26.8 Å². The fraction of sp³-hybridized carbons (Fsp3) is 0.389. The number of amides is 1. The number of ether oxygens (including phenoxy) is 1. The Morgan fingerprint density at radius 1 is 1.21 bits per heavy atom. The second-order valence-electron chi connectivity index (χ2n) is 5.95. The first kappa shape index (κ1) is 17.7. The third-order valence-electron chi connectivity index (χ3n) is 3.59. The highest BCUT2D eigenvalue weighted by atomic mass is 16.5. The van der Waals surface area contributed by atoms with Crippen molar-refractivity contribution in [2.75, 3.05) is 26.1 Å². The molecule has 0 unspecified atom stereocenters. The van der Waals surface area contributed by atoms with Crippen molar-refractivity contribution in [2.24, 2.45) is 0 Å². The highest BCUT2D eigenvalue weighted by Gasteiger charge is 2.08. The van der Waals surface area contributed by atoms with E-state index in [1.807, 2.05) is 57.1 Å². The number of carbonyl (C=O) groups is 1. The van der Waals surface area contributed by atoms with Crippen molar-refractivity contribution in [1.29, 1.82) is 0 Å². The van der Waals surface area contributed by atoms with Crippen LogP contribution in [-0.2, 0) is 17.8 Å². The predicted molar refractivity (Wildman–Crippen MR) is 94.4 cm³/mol. The maximum absolute atomic E-state index is 12.2. The molecule has 6 heteroatoms. The number of methoxy groups -OCH3 is 1. The largest absolute Gasteiger partial charge is 0.496 e. The van der Waals surface area contributed by atoms with Gasteiger partial charge in [0.1, 0.15) is 5.75 Å². The minimum atomic E-state index is -0.0396. The lowest BCUT2D eigenvalue weighted by atomic mass is 10.1. The zero-order valence-electron chi connectivity index (χ0n) is 14.9. The molecule has 0 saturated carbocycles. The second kappa shape index (κ2) is 7.77. The third-order valence-corrected chi connectivity index (χ3v) is 3.59. The Bertz CT molecular complexity index is 729. The molecule has 128 valence electrons. The van der Waals surface area contributed by atoms with Gasteiger partial charge in [0.2, 0.25) is 11.9 Å². The van der Waals surface area contributed by atoms with Gasteiger partial charge < -0.3 is 15.0 Å². The van der Waals surface area contributed by atoms with E-state index in [0.717, 1.165) is 28.3 Å². The molecule has 1 heterocycles. The van der Waals surface area contributed by atoms with Crippen molar-refractivity contribution in [3.63, 3.8) is 0 Å². The molecule has 0 spiro atoms. The lowest BCUT2D eigenvalue weighted by Crippen LogP contribution is -2.25. The quantitative estimate of drug-likeness (QED) is 0.879. The van der Waals surface area contributed by atoms with Crippen molar-refractivity contribution in [3.8, 4) is 5.75 Å². The fourth-order valence-corrected chi connectivity index (χ4v) is 2.39. The molecule has 1 N–H and O–H groups in total. The van der Waals surface area contributed by atoms with Crippen LogP contribution in [0.5, 0.6) is 5.75 Å². The average molecular weight is 328 g/mol. The minimum Gasteiger partial charge on any atom is -0.496 e. The summed E-state index contributed by atoms with van der Waals surface area (Å²) >= 11 is 0. The van der Waals surface area contributed by atoms with Crippen LogP contribution in [0.3, 0.4) is 0 Å². The summed E-state index contributed by atoms with van der Waals surface area (Å²) in [5.74, 6) is 1.43. The van der Waals surface area contributed by atoms with Crippen LogP contribution in [0.2, 0.25) is 0 Å². The van der Waals surface area contributed by atoms with E-state index in [9.17, 15) is 4.79 Å². The number of anilines is 1. The van der Waals surface area contributed by atoms with Crippen molar-refractivity contribution in [3.05, 3.63) is 46.8 Å². The lowest BCUT2D eigenvalue weighted by molar-refractivity contribution is -0.120. The van der Waals surface area contributed by atoms with E-state index in [4.69, 9.17) is 4.74 Å². The van der Waals surface area contributed by atoms with Crippen LogP contribution in [0.1, 0.15) is 22.5 Å². The molecule has 24 heavy (non-hydrogen) atoms. The average Bonchev–Trinajstić information content (AvgIpc) is 2.52. The Balaban J connectivity index is 1.97. The lowest BCUT2D eigenvalue weighted by Gasteiger charge is -2.13. The predicted octanol–water partition coefficient (Wildman–Crippen LogP) is 2.03.